The molecule has 1 heterocycles. The maximum atomic E-state index is 13.3. The van der Waals surface area contributed by atoms with E-state index in [0.29, 0.717) is 5.69 Å². The maximum Gasteiger partial charge on any atom is 0.267 e. The van der Waals surface area contributed by atoms with Gasteiger partial charge in [-0.2, -0.15) is 0 Å². The van der Waals surface area contributed by atoms with Crippen molar-refractivity contribution in [3.63, 3.8) is 0 Å². The van der Waals surface area contributed by atoms with Crippen molar-refractivity contribution in [3.8, 4) is 0 Å². The summed E-state index contributed by atoms with van der Waals surface area (Å²) in [6.07, 6.45) is -2.85. The standard InChI is InChI=1S/C16H13F3N2O/c17-11-6-7-13-12(8-11)20-16(22)14(15(18)19)21(13)9-10-4-2-1-3-5-10/h1-8,14-15H,9H2,(H,20,22). The third kappa shape index (κ3) is 2.64. The van der Waals surface area contributed by atoms with E-state index in [1.807, 2.05) is 6.07 Å². The Balaban J connectivity index is 2.03. The van der Waals surface area contributed by atoms with Gasteiger partial charge in [0.2, 0.25) is 0 Å². The predicted octanol–water partition coefficient (Wildman–Crippen LogP) is 3.42. The van der Waals surface area contributed by atoms with E-state index in [4.69, 9.17) is 0 Å². The quantitative estimate of drug-likeness (QED) is 0.942. The fourth-order valence-electron chi connectivity index (χ4n) is 2.57. The van der Waals surface area contributed by atoms with Crippen molar-refractivity contribution in [2.75, 3.05) is 10.2 Å². The Labute approximate surface area is 125 Å². The summed E-state index contributed by atoms with van der Waals surface area (Å²) < 4.78 is 40.0. The monoisotopic (exact) mass is 306 g/mol. The van der Waals surface area contributed by atoms with Crippen LogP contribution in [0.25, 0.3) is 0 Å². The summed E-state index contributed by atoms with van der Waals surface area (Å²) in [5.74, 6) is -1.36. The molecule has 3 nitrogen and oxygen atoms in total. The van der Waals surface area contributed by atoms with Crippen LogP contribution in [-0.4, -0.2) is 18.4 Å². The molecule has 0 saturated carbocycles. The van der Waals surface area contributed by atoms with Crippen LogP contribution in [0.1, 0.15) is 5.56 Å². The van der Waals surface area contributed by atoms with Crippen molar-refractivity contribution in [2.24, 2.45) is 0 Å². The van der Waals surface area contributed by atoms with Gasteiger partial charge < -0.3 is 10.2 Å². The third-order valence-corrected chi connectivity index (χ3v) is 3.56. The van der Waals surface area contributed by atoms with Gasteiger partial charge in [0, 0.05) is 6.54 Å². The van der Waals surface area contributed by atoms with Gasteiger partial charge in [-0.25, -0.2) is 13.2 Å². The molecule has 1 atom stereocenters. The van der Waals surface area contributed by atoms with Crippen LogP contribution >= 0.6 is 0 Å². The lowest BCUT2D eigenvalue weighted by Crippen LogP contribution is -2.51. The molecule has 114 valence electrons. The number of hydrogen-bond donors (Lipinski definition) is 1. The van der Waals surface area contributed by atoms with Crippen molar-refractivity contribution in [1.82, 2.24) is 0 Å². The van der Waals surface area contributed by atoms with Crippen molar-refractivity contribution in [3.05, 3.63) is 59.9 Å². The molecular formula is C16H13F3N2O. The Morgan fingerprint density at radius 2 is 1.86 bits per heavy atom. The topological polar surface area (TPSA) is 32.3 Å². The summed E-state index contributed by atoms with van der Waals surface area (Å²) in [5.41, 5.74) is 1.38. The van der Waals surface area contributed by atoms with Gasteiger partial charge >= 0.3 is 0 Å². The molecule has 1 aliphatic rings. The summed E-state index contributed by atoms with van der Waals surface area (Å²) in [4.78, 5) is 13.3. The zero-order chi connectivity index (χ0) is 15.7. The molecule has 0 saturated heterocycles. The number of carbonyl (C=O) groups is 1. The molecule has 0 fully saturated rings. The number of nitrogens with zero attached hydrogens (tertiary/aromatic N) is 1. The highest BCUT2D eigenvalue weighted by Gasteiger charge is 2.39. The Morgan fingerprint density at radius 1 is 1.14 bits per heavy atom. The maximum absolute atomic E-state index is 13.3. The van der Waals surface area contributed by atoms with E-state index < -0.39 is 24.2 Å². The SMILES string of the molecule is O=C1Nc2cc(F)ccc2N(Cc2ccccc2)C1C(F)F. The van der Waals surface area contributed by atoms with E-state index in [0.717, 1.165) is 11.6 Å². The van der Waals surface area contributed by atoms with Crippen molar-refractivity contribution in [1.29, 1.82) is 0 Å². The van der Waals surface area contributed by atoms with Crippen LogP contribution in [0.3, 0.4) is 0 Å². The van der Waals surface area contributed by atoms with Gasteiger partial charge in [0.1, 0.15) is 5.82 Å². The molecule has 3 rings (SSSR count). The molecule has 0 radical (unpaired) electrons. The second kappa shape index (κ2) is 5.71. The molecule has 1 aliphatic heterocycles. The number of nitrogens with one attached hydrogen (secondary N) is 1. The largest absolute Gasteiger partial charge is 0.349 e. The molecule has 6 heteroatoms. The first-order chi connectivity index (χ1) is 10.6. The van der Waals surface area contributed by atoms with Crippen molar-refractivity contribution >= 4 is 17.3 Å². The van der Waals surface area contributed by atoms with Gasteiger partial charge in [0.15, 0.2) is 6.04 Å². The minimum Gasteiger partial charge on any atom is -0.349 e. The van der Waals surface area contributed by atoms with E-state index >= 15 is 0 Å². The molecule has 0 aliphatic carbocycles. The fourth-order valence-corrected chi connectivity index (χ4v) is 2.57. The van der Waals surface area contributed by atoms with E-state index in [-0.39, 0.29) is 12.2 Å². The van der Waals surface area contributed by atoms with Crippen LogP contribution in [0.15, 0.2) is 48.5 Å². The molecule has 2 aromatic carbocycles. The summed E-state index contributed by atoms with van der Waals surface area (Å²) in [6, 6.07) is 11.1. The van der Waals surface area contributed by atoms with Gasteiger partial charge in [0.25, 0.3) is 12.3 Å². The average Bonchev–Trinajstić information content (AvgIpc) is 2.47. The lowest BCUT2D eigenvalue weighted by Gasteiger charge is -2.37. The average molecular weight is 306 g/mol. The molecule has 22 heavy (non-hydrogen) atoms. The number of halogens is 3. The Kier molecular flexibility index (Phi) is 3.75. The number of alkyl halides is 2. The van der Waals surface area contributed by atoms with E-state index in [9.17, 15) is 18.0 Å². The minimum atomic E-state index is -2.85. The highest BCUT2D eigenvalue weighted by molar-refractivity contribution is 6.03. The van der Waals surface area contributed by atoms with Crippen LogP contribution < -0.4 is 10.2 Å². The van der Waals surface area contributed by atoms with E-state index in [2.05, 4.69) is 5.32 Å². The first-order valence-corrected chi connectivity index (χ1v) is 6.75. The molecule has 0 spiro atoms. The predicted molar refractivity (Wildman–Crippen MR) is 77.4 cm³/mol. The molecular weight excluding hydrogens is 293 g/mol. The highest BCUT2D eigenvalue weighted by Crippen LogP contribution is 2.35. The van der Waals surface area contributed by atoms with Crippen LogP contribution in [-0.2, 0) is 11.3 Å². The number of anilines is 2. The second-order valence-electron chi connectivity index (χ2n) is 5.04. The van der Waals surface area contributed by atoms with Gasteiger partial charge in [-0.15, -0.1) is 0 Å². The van der Waals surface area contributed by atoms with Gasteiger partial charge in [-0.1, -0.05) is 30.3 Å². The van der Waals surface area contributed by atoms with Crippen molar-refractivity contribution < 1.29 is 18.0 Å². The third-order valence-electron chi connectivity index (χ3n) is 3.56. The summed E-state index contributed by atoms with van der Waals surface area (Å²) in [5, 5.41) is 2.35. The Morgan fingerprint density at radius 3 is 2.55 bits per heavy atom. The Hall–Kier alpha value is -2.50. The van der Waals surface area contributed by atoms with Gasteiger partial charge in [-0.3, -0.25) is 4.79 Å². The number of amides is 1. The Bertz CT molecular complexity index is 691. The number of rotatable bonds is 3. The number of hydrogen-bond acceptors (Lipinski definition) is 2. The zero-order valence-electron chi connectivity index (χ0n) is 11.5. The lowest BCUT2D eigenvalue weighted by molar-refractivity contribution is -0.120. The fraction of sp³-hybridized carbons (Fsp3) is 0.188. The summed E-state index contributed by atoms with van der Waals surface area (Å²) in [7, 11) is 0. The number of carbonyl (C=O) groups excluding carboxylic acids is 1. The molecule has 1 N–H and O–H groups in total. The number of fused-ring (bicyclic) bond motifs is 1. The molecule has 1 unspecified atom stereocenters. The van der Waals surface area contributed by atoms with Crippen LogP contribution in [0.5, 0.6) is 0 Å². The molecule has 0 bridgehead atoms. The first kappa shape index (κ1) is 14.4. The number of benzene rings is 2. The van der Waals surface area contributed by atoms with Crippen LogP contribution in [0.4, 0.5) is 24.5 Å². The zero-order valence-corrected chi connectivity index (χ0v) is 11.5. The van der Waals surface area contributed by atoms with Crippen LogP contribution in [0.2, 0.25) is 0 Å². The smallest absolute Gasteiger partial charge is 0.267 e. The van der Waals surface area contributed by atoms with E-state index in [1.54, 1.807) is 24.3 Å². The van der Waals surface area contributed by atoms with Crippen LogP contribution in [0, 0.1) is 5.82 Å². The molecule has 0 aromatic heterocycles. The second-order valence-corrected chi connectivity index (χ2v) is 5.04. The van der Waals surface area contributed by atoms with Gasteiger partial charge in [-0.05, 0) is 23.8 Å². The van der Waals surface area contributed by atoms with Crippen molar-refractivity contribution in [2.45, 2.75) is 19.0 Å². The van der Waals surface area contributed by atoms with E-state index in [1.165, 1.54) is 17.0 Å². The summed E-state index contributed by atoms with van der Waals surface area (Å²) in [6.45, 7) is 0.141. The molecule has 2 aromatic rings. The van der Waals surface area contributed by atoms with Gasteiger partial charge in [0.05, 0.1) is 11.4 Å². The lowest BCUT2D eigenvalue weighted by atomic mass is 10.1. The molecule has 1 amide bonds. The minimum absolute atomic E-state index is 0.141. The first-order valence-electron chi connectivity index (χ1n) is 6.75. The highest BCUT2D eigenvalue weighted by atomic mass is 19.3. The normalized spacial score (nSPS) is 17.4. The summed E-state index contributed by atoms with van der Waals surface area (Å²) >= 11 is 0.